The second kappa shape index (κ2) is 15.7. The van der Waals surface area contributed by atoms with Crippen molar-refractivity contribution >= 4 is 57.8 Å². The van der Waals surface area contributed by atoms with Crippen molar-refractivity contribution in [1.29, 1.82) is 0 Å². The molecule has 9 heteroatoms. The van der Waals surface area contributed by atoms with Crippen LogP contribution in [0.25, 0.3) is 21.5 Å². The highest BCUT2D eigenvalue weighted by Gasteiger charge is 2.22. The fraction of sp³-hybridized carbons (Fsp3) is 0.294. The molecule has 4 rings (SSSR count). The lowest BCUT2D eigenvalue weighted by atomic mass is 10.0. The zero-order valence-corrected chi connectivity index (χ0v) is 25.1. The molecular weight excluding hydrogens is 572 g/mol. The minimum atomic E-state index is -1.06. The standard InChI is InChI=1S/C34H34O8.ClH/c1-22(32(36)40-24(3)42-34(38)30-20-11-16-26-14-6-8-18-28(26)30)12-4-9-21-31(35)39-23(2)41-33(37)29-19-10-15-25-13-5-7-17-27(25)29;/h5-8,10-11,13-20,22-24H,4,9,12,21H2,1-3H3;1H. The third kappa shape index (κ3) is 9.03. The molecule has 3 unspecified atom stereocenters. The number of carbonyl (C=O) groups excluding carboxylic acids is 4. The van der Waals surface area contributed by atoms with Crippen LogP contribution >= 0.6 is 12.4 Å². The third-order valence-corrected chi connectivity index (χ3v) is 6.82. The SMILES string of the molecule is CC(OC(=O)CCCCC(C)C(=O)OC(C)OC(=O)c1cccc2ccccc12)OC(=O)c1cccc2ccccc12.Cl. The zero-order chi connectivity index (χ0) is 30.1. The Morgan fingerprint density at radius 1 is 0.581 bits per heavy atom. The van der Waals surface area contributed by atoms with Gasteiger partial charge < -0.3 is 18.9 Å². The summed E-state index contributed by atoms with van der Waals surface area (Å²) >= 11 is 0. The van der Waals surface area contributed by atoms with Gasteiger partial charge in [0.15, 0.2) is 0 Å². The van der Waals surface area contributed by atoms with E-state index in [1.54, 1.807) is 31.2 Å². The van der Waals surface area contributed by atoms with Gasteiger partial charge in [-0.3, -0.25) is 9.59 Å². The van der Waals surface area contributed by atoms with Gasteiger partial charge in [-0.15, -0.1) is 12.4 Å². The van der Waals surface area contributed by atoms with Crippen molar-refractivity contribution in [3.63, 3.8) is 0 Å². The minimum Gasteiger partial charge on any atom is -0.425 e. The van der Waals surface area contributed by atoms with E-state index in [0.29, 0.717) is 30.4 Å². The molecule has 0 spiro atoms. The summed E-state index contributed by atoms with van der Waals surface area (Å²) in [7, 11) is 0. The normalized spacial score (nSPS) is 12.8. The Labute approximate surface area is 256 Å². The molecule has 43 heavy (non-hydrogen) atoms. The van der Waals surface area contributed by atoms with E-state index in [2.05, 4.69) is 0 Å². The van der Waals surface area contributed by atoms with Crippen molar-refractivity contribution in [1.82, 2.24) is 0 Å². The van der Waals surface area contributed by atoms with Gasteiger partial charge in [0.1, 0.15) is 0 Å². The van der Waals surface area contributed by atoms with E-state index < -0.39 is 42.4 Å². The number of fused-ring (bicyclic) bond motifs is 2. The quantitative estimate of drug-likeness (QED) is 0.0933. The van der Waals surface area contributed by atoms with E-state index in [4.69, 9.17) is 18.9 Å². The highest BCUT2D eigenvalue weighted by molar-refractivity contribution is 6.05. The molecule has 0 saturated heterocycles. The molecule has 0 aliphatic rings. The number of ether oxygens (including phenoxy) is 4. The molecular formula is C34H35ClO8. The molecule has 0 aliphatic carbocycles. The Hall–Kier alpha value is -4.43. The van der Waals surface area contributed by atoms with Crippen molar-refractivity contribution < 1.29 is 38.1 Å². The maximum Gasteiger partial charge on any atom is 0.341 e. The van der Waals surface area contributed by atoms with Gasteiger partial charge in [-0.1, -0.05) is 86.1 Å². The summed E-state index contributed by atoms with van der Waals surface area (Å²) in [6, 6.07) is 25.6. The number of carbonyl (C=O) groups is 4. The first-order valence-electron chi connectivity index (χ1n) is 14.0. The monoisotopic (exact) mass is 606 g/mol. The summed E-state index contributed by atoms with van der Waals surface area (Å²) in [6.07, 6.45) is -0.472. The molecule has 8 nitrogen and oxygen atoms in total. The minimum absolute atomic E-state index is 0. The fourth-order valence-corrected chi connectivity index (χ4v) is 4.64. The summed E-state index contributed by atoms with van der Waals surface area (Å²) in [5.41, 5.74) is 0.795. The smallest absolute Gasteiger partial charge is 0.341 e. The molecule has 0 saturated carbocycles. The summed E-state index contributed by atoms with van der Waals surface area (Å²) in [4.78, 5) is 50.1. The van der Waals surface area contributed by atoms with E-state index in [9.17, 15) is 19.2 Å². The highest BCUT2D eigenvalue weighted by atomic mass is 35.5. The predicted octanol–water partition coefficient (Wildman–Crippen LogP) is 7.40. The Morgan fingerprint density at radius 3 is 1.58 bits per heavy atom. The van der Waals surface area contributed by atoms with Gasteiger partial charge >= 0.3 is 23.9 Å². The molecule has 0 radical (unpaired) electrons. The van der Waals surface area contributed by atoms with E-state index >= 15 is 0 Å². The van der Waals surface area contributed by atoms with Crippen LogP contribution in [0.1, 0.15) is 67.2 Å². The largest absolute Gasteiger partial charge is 0.425 e. The molecule has 226 valence electrons. The number of benzene rings is 4. The van der Waals surface area contributed by atoms with Crippen LogP contribution < -0.4 is 0 Å². The summed E-state index contributed by atoms with van der Waals surface area (Å²) in [6.45, 7) is 4.71. The van der Waals surface area contributed by atoms with Crippen LogP contribution in [-0.2, 0) is 28.5 Å². The van der Waals surface area contributed by atoms with Crippen LogP contribution in [0.2, 0.25) is 0 Å². The maximum atomic E-state index is 12.7. The second-order valence-corrected chi connectivity index (χ2v) is 10.1. The average molecular weight is 607 g/mol. The van der Waals surface area contributed by atoms with Gasteiger partial charge in [0.2, 0.25) is 12.6 Å². The lowest BCUT2D eigenvalue weighted by Gasteiger charge is -2.18. The molecule has 3 atom stereocenters. The van der Waals surface area contributed by atoms with Crippen LogP contribution in [0.4, 0.5) is 0 Å². The van der Waals surface area contributed by atoms with Gasteiger partial charge in [0, 0.05) is 20.3 Å². The molecule has 0 fully saturated rings. The molecule has 4 aromatic carbocycles. The molecule has 0 bridgehead atoms. The van der Waals surface area contributed by atoms with E-state index in [0.717, 1.165) is 21.5 Å². The number of hydrogen-bond acceptors (Lipinski definition) is 8. The van der Waals surface area contributed by atoms with Gasteiger partial charge in [-0.05, 0) is 46.5 Å². The highest BCUT2D eigenvalue weighted by Crippen LogP contribution is 2.22. The van der Waals surface area contributed by atoms with Crippen molar-refractivity contribution in [3.05, 3.63) is 96.1 Å². The number of halogens is 1. The Kier molecular flexibility index (Phi) is 12.1. The molecule has 4 aromatic rings. The molecule has 0 N–H and O–H groups in total. The second-order valence-electron chi connectivity index (χ2n) is 10.1. The van der Waals surface area contributed by atoms with Crippen molar-refractivity contribution in [3.8, 4) is 0 Å². The maximum absolute atomic E-state index is 12.7. The van der Waals surface area contributed by atoms with Crippen LogP contribution in [0, 0.1) is 5.92 Å². The van der Waals surface area contributed by atoms with E-state index in [1.165, 1.54) is 13.8 Å². The van der Waals surface area contributed by atoms with Crippen molar-refractivity contribution in [2.75, 3.05) is 0 Å². The first-order valence-corrected chi connectivity index (χ1v) is 14.0. The number of esters is 4. The van der Waals surface area contributed by atoms with Crippen LogP contribution in [-0.4, -0.2) is 36.5 Å². The Balaban J connectivity index is 0.00000506. The van der Waals surface area contributed by atoms with E-state index in [1.807, 2.05) is 60.7 Å². The van der Waals surface area contributed by atoms with Crippen LogP contribution in [0.3, 0.4) is 0 Å². The molecule has 0 heterocycles. The average Bonchev–Trinajstić information content (AvgIpc) is 2.98. The van der Waals surface area contributed by atoms with Gasteiger partial charge in [-0.2, -0.15) is 0 Å². The van der Waals surface area contributed by atoms with Gasteiger partial charge in [0.05, 0.1) is 17.0 Å². The first kappa shape index (κ1) is 33.1. The molecule has 0 aromatic heterocycles. The number of hydrogen-bond donors (Lipinski definition) is 0. The number of rotatable bonds is 12. The summed E-state index contributed by atoms with van der Waals surface area (Å²) in [5, 5.41) is 3.33. The van der Waals surface area contributed by atoms with Crippen molar-refractivity contribution in [2.45, 2.75) is 59.0 Å². The first-order chi connectivity index (χ1) is 20.2. The summed E-state index contributed by atoms with van der Waals surface area (Å²) in [5.74, 6) is -2.60. The fourth-order valence-electron chi connectivity index (χ4n) is 4.64. The van der Waals surface area contributed by atoms with Crippen molar-refractivity contribution in [2.24, 2.45) is 5.92 Å². The van der Waals surface area contributed by atoms with Crippen LogP contribution in [0.5, 0.6) is 0 Å². The van der Waals surface area contributed by atoms with E-state index in [-0.39, 0.29) is 18.8 Å². The predicted molar refractivity (Wildman–Crippen MR) is 165 cm³/mol. The van der Waals surface area contributed by atoms with Gasteiger partial charge in [-0.25, -0.2) is 9.59 Å². The lowest BCUT2D eigenvalue weighted by Crippen LogP contribution is -2.25. The summed E-state index contributed by atoms with van der Waals surface area (Å²) < 4.78 is 21.2. The molecule has 0 amide bonds. The Morgan fingerprint density at radius 2 is 1.05 bits per heavy atom. The lowest BCUT2D eigenvalue weighted by molar-refractivity contribution is -0.170. The zero-order valence-electron chi connectivity index (χ0n) is 24.3. The van der Waals surface area contributed by atoms with Crippen LogP contribution in [0.15, 0.2) is 84.9 Å². The number of unbranched alkanes of at least 4 members (excludes halogenated alkanes) is 1. The Bertz CT molecular complexity index is 1570. The topological polar surface area (TPSA) is 105 Å². The van der Waals surface area contributed by atoms with Gasteiger partial charge in [0.25, 0.3) is 0 Å². The third-order valence-electron chi connectivity index (χ3n) is 6.82. The molecule has 0 aliphatic heterocycles.